The van der Waals surface area contributed by atoms with Gasteiger partial charge in [-0.1, -0.05) is 17.2 Å². The summed E-state index contributed by atoms with van der Waals surface area (Å²) in [6.07, 6.45) is 0.748. The average molecular weight is 260 g/mol. The van der Waals surface area contributed by atoms with Crippen molar-refractivity contribution in [2.45, 2.75) is 12.2 Å². The van der Waals surface area contributed by atoms with E-state index in [-0.39, 0.29) is 6.54 Å². The molecular formula is C11H12N6O2. The summed E-state index contributed by atoms with van der Waals surface area (Å²) < 4.78 is 1.58. The van der Waals surface area contributed by atoms with Crippen molar-refractivity contribution in [2.24, 2.45) is 5.11 Å². The Bertz CT molecular complexity index is 561. The second-order valence-electron chi connectivity index (χ2n) is 3.86. The fourth-order valence-corrected chi connectivity index (χ4v) is 1.61. The van der Waals surface area contributed by atoms with Gasteiger partial charge in [-0.15, -0.1) is 0 Å². The molecule has 0 radical (unpaired) electrons. The molecule has 19 heavy (non-hydrogen) atoms. The number of benzene rings is 1. The Balaban J connectivity index is 2.11. The third-order valence-corrected chi connectivity index (χ3v) is 2.61. The summed E-state index contributed by atoms with van der Waals surface area (Å²) in [7, 11) is 0. The number of aliphatic hydroxyl groups excluding tert-OH is 2. The van der Waals surface area contributed by atoms with Crippen LogP contribution in [0.5, 0.6) is 0 Å². The van der Waals surface area contributed by atoms with Crippen molar-refractivity contribution in [1.29, 1.82) is 0 Å². The molecule has 8 nitrogen and oxygen atoms in total. The maximum absolute atomic E-state index is 9.87. The number of azide groups is 1. The standard InChI is InChI=1S/C11H12N6O2/c12-16-14-5-10(18)11(19)8-1-3-9(4-2-8)17-7-13-6-15-17/h1-4,6-7,10-11,18-19H,5H2. The molecule has 2 unspecified atom stereocenters. The third kappa shape index (κ3) is 3.08. The molecule has 8 heteroatoms. The highest BCUT2D eigenvalue weighted by molar-refractivity contribution is 5.34. The number of hydrogen-bond donors (Lipinski definition) is 2. The van der Waals surface area contributed by atoms with Gasteiger partial charge in [0.05, 0.1) is 18.3 Å². The Hall–Kier alpha value is -2.41. The Labute approximate surface area is 108 Å². The molecule has 2 aromatic rings. The fourth-order valence-electron chi connectivity index (χ4n) is 1.61. The van der Waals surface area contributed by atoms with Gasteiger partial charge in [-0.2, -0.15) is 5.10 Å². The molecule has 2 rings (SSSR count). The van der Waals surface area contributed by atoms with E-state index in [1.165, 1.54) is 6.33 Å². The zero-order chi connectivity index (χ0) is 13.7. The quantitative estimate of drug-likeness (QED) is 0.472. The molecular weight excluding hydrogens is 248 g/mol. The van der Waals surface area contributed by atoms with Gasteiger partial charge in [0.25, 0.3) is 0 Å². The molecule has 0 aliphatic heterocycles. The first-order valence-corrected chi connectivity index (χ1v) is 5.54. The van der Waals surface area contributed by atoms with Gasteiger partial charge in [-0.25, -0.2) is 9.67 Å². The van der Waals surface area contributed by atoms with Crippen molar-refractivity contribution in [3.05, 3.63) is 52.9 Å². The van der Waals surface area contributed by atoms with Crippen molar-refractivity contribution in [3.8, 4) is 5.69 Å². The summed E-state index contributed by atoms with van der Waals surface area (Å²) in [5, 5.41) is 26.7. The lowest BCUT2D eigenvalue weighted by atomic mass is 10.0. The molecule has 0 bridgehead atoms. The fraction of sp³-hybridized carbons (Fsp3) is 0.273. The first-order chi connectivity index (χ1) is 9.22. The van der Waals surface area contributed by atoms with Crippen molar-refractivity contribution >= 4 is 0 Å². The van der Waals surface area contributed by atoms with Crippen molar-refractivity contribution in [2.75, 3.05) is 6.54 Å². The van der Waals surface area contributed by atoms with Gasteiger partial charge in [0.1, 0.15) is 18.8 Å². The van der Waals surface area contributed by atoms with E-state index >= 15 is 0 Å². The summed E-state index contributed by atoms with van der Waals surface area (Å²) in [6.45, 7) is -0.178. The molecule has 2 N–H and O–H groups in total. The van der Waals surface area contributed by atoms with Crippen LogP contribution in [0.2, 0.25) is 0 Å². The minimum absolute atomic E-state index is 0.178. The molecule has 0 aliphatic rings. The zero-order valence-electron chi connectivity index (χ0n) is 9.90. The Morgan fingerprint density at radius 2 is 2.05 bits per heavy atom. The Morgan fingerprint density at radius 1 is 1.32 bits per heavy atom. The molecule has 1 heterocycles. The van der Waals surface area contributed by atoms with E-state index in [2.05, 4.69) is 20.1 Å². The summed E-state index contributed by atoms with van der Waals surface area (Å²) in [5.41, 5.74) is 9.48. The number of aliphatic hydroxyl groups is 2. The summed E-state index contributed by atoms with van der Waals surface area (Å²) in [4.78, 5) is 6.37. The van der Waals surface area contributed by atoms with Crippen LogP contribution in [0.3, 0.4) is 0 Å². The molecule has 0 spiro atoms. The second-order valence-corrected chi connectivity index (χ2v) is 3.86. The molecule has 1 aromatic carbocycles. The SMILES string of the molecule is [N-]=[N+]=NCC(O)C(O)c1ccc(-n2cncn2)cc1. The smallest absolute Gasteiger partial charge is 0.138 e. The second kappa shape index (κ2) is 5.96. The lowest BCUT2D eigenvalue weighted by Crippen LogP contribution is -2.21. The zero-order valence-corrected chi connectivity index (χ0v) is 9.90. The van der Waals surface area contributed by atoms with E-state index in [0.717, 1.165) is 5.69 Å². The highest BCUT2D eigenvalue weighted by Crippen LogP contribution is 2.19. The van der Waals surface area contributed by atoms with E-state index in [1.807, 2.05) is 0 Å². The third-order valence-electron chi connectivity index (χ3n) is 2.61. The molecule has 0 amide bonds. The highest BCUT2D eigenvalue weighted by Gasteiger charge is 2.17. The summed E-state index contributed by atoms with van der Waals surface area (Å²) in [6, 6.07) is 6.82. The van der Waals surface area contributed by atoms with Crippen LogP contribution in [0.1, 0.15) is 11.7 Å². The molecule has 0 saturated carbocycles. The molecule has 1 aromatic heterocycles. The van der Waals surface area contributed by atoms with Crippen LogP contribution in [0, 0.1) is 0 Å². The normalized spacial score (nSPS) is 13.6. The van der Waals surface area contributed by atoms with Crippen molar-refractivity contribution in [3.63, 3.8) is 0 Å². The van der Waals surface area contributed by atoms with Crippen LogP contribution in [0.15, 0.2) is 42.0 Å². The highest BCUT2D eigenvalue weighted by atomic mass is 16.3. The largest absolute Gasteiger partial charge is 0.390 e. The Morgan fingerprint density at radius 3 is 2.63 bits per heavy atom. The molecule has 0 saturated heterocycles. The number of hydrogen-bond acceptors (Lipinski definition) is 5. The van der Waals surface area contributed by atoms with Crippen LogP contribution in [-0.2, 0) is 0 Å². The number of nitrogens with zero attached hydrogens (tertiary/aromatic N) is 6. The van der Waals surface area contributed by atoms with Gasteiger partial charge in [0, 0.05) is 4.91 Å². The van der Waals surface area contributed by atoms with Crippen LogP contribution >= 0.6 is 0 Å². The summed E-state index contributed by atoms with van der Waals surface area (Å²) >= 11 is 0. The first-order valence-electron chi connectivity index (χ1n) is 5.54. The van der Waals surface area contributed by atoms with Gasteiger partial charge >= 0.3 is 0 Å². The van der Waals surface area contributed by atoms with Crippen LogP contribution in [0.4, 0.5) is 0 Å². The average Bonchev–Trinajstić information content (AvgIpc) is 2.98. The lowest BCUT2D eigenvalue weighted by Gasteiger charge is -2.16. The van der Waals surface area contributed by atoms with Crippen molar-refractivity contribution < 1.29 is 10.2 Å². The van der Waals surface area contributed by atoms with Gasteiger partial charge in [0.15, 0.2) is 0 Å². The monoisotopic (exact) mass is 260 g/mol. The van der Waals surface area contributed by atoms with Crippen molar-refractivity contribution in [1.82, 2.24) is 14.8 Å². The topological polar surface area (TPSA) is 120 Å². The number of rotatable bonds is 5. The molecule has 98 valence electrons. The lowest BCUT2D eigenvalue weighted by molar-refractivity contribution is 0.0244. The minimum atomic E-state index is -1.13. The van der Waals surface area contributed by atoms with Crippen LogP contribution in [0.25, 0.3) is 16.1 Å². The van der Waals surface area contributed by atoms with Gasteiger partial charge < -0.3 is 10.2 Å². The maximum atomic E-state index is 9.87. The van der Waals surface area contributed by atoms with Gasteiger partial charge in [-0.3, -0.25) is 0 Å². The molecule has 0 fully saturated rings. The molecule has 0 aliphatic carbocycles. The van der Waals surface area contributed by atoms with Gasteiger partial charge in [0.2, 0.25) is 0 Å². The molecule has 2 atom stereocenters. The van der Waals surface area contributed by atoms with Crippen LogP contribution < -0.4 is 0 Å². The predicted molar refractivity (Wildman–Crippen MR) is 66.3 cm³/mol. The maximum Gasteiger partial charge on any atom is 0.138 e. The van der Waals surface area contributed by atoms with E-state index in [4.69, 9.17) is 5.53 Å². The number of aromatic nitrogens is 3. The minimum Gasteiger partial charge on any atom is -0.390 e. The predicted octanol–water partition coefficient (Wildman–Crippen LogP) is 0.972. The van der Waals surface area contributed by atoms with E-state index in [9.17, 15) is 10.2 Å². The van der Waals surface area contributed by atoms with E-state index in [0.29, 0.717) is 5.56 Å². The van der Waals surface area contributed by atoms with E-state index < -0.39 is 12.2 Å². The van der Waals surface area contributed by atoms with Gasteiger partial charge in [-0.05, 0) is 23.2 Å². The van der Waals surface area contributed by atoms with E-state index in [1.54, 1.807) is 35.3 Å². The first kappa shape index (κ1) is 13.0. The summed E-state index contributed by atoms with van der Waals surface area (Å²) in [5.74, 6) is 0. The Kier molecular flexibility index (Phi) is 4.09. The van der Waals surface area contributed by atoms with Crippen LogP contribution in [-0.4, -0.2) is 37.6 Å².